The number of likely N-dealkylation sites (tertiary alicyclic amines) is 1. The summed E-state index contributed by atoms with van der Waals surface area (Å²) in [5, 5.41) is 3.78. The Hall–Kier alpha value is -0.380. The molecule has 0 saturated carbocycles. The van der Waals surface area contributed by atoms with Gasteiger partial charge in [-0.1, -0.05) is 41.1 Å². The topological polar surface area (TPSA) is 15.3 Å². The highest BCUT2D eigenvalue weighted by Crippen LogP contribution is 2.24. The van der Waals surface area contributed by atoms with E-state index >= 15 is 0 Å². The van der Waals surface area contributed by atoms with Crippen molar-refractivity contribution in [2.45, 2.75) is 45.2 Å². The van der Waals surface area contributed by atoms with E-state index in [4.69, 9.17) is 0 Å². The predicted octanol–water partition coefficient (Wildman–Crippen LogP) is 3.97. The zero-order chi connectivity index (χ0) is 13.7. The van der Waals surface area contributed by atoms with Crippen molar-refractivity contribution >= 4 is 15.9 Å². The lowest BCUT2D eigenvalue weighted by Crippen LogP contribution is -2.43. The van der Waals surface area contributed by atoms with Gasteiger partial charge in [-0.25, -0.2) is 0 Å². The van der Waals surface area contributed by atoms with Crippen LogP contribution in [0.3, 0.4) is 0 Å². The van der Waals surface area contributed by atoms with Crippen LogP contribution in [0, 0.1) is 0 Å². The SMILES string of the molecule is CCCN1CCC(N[C@H](C)c2ccccc2Br)CC1. The second kappa shape index (κ2) is 7.41. The second-order valence-electron chi connectivity index (χ2n) is 5.53. The smallest absolute Gasteiger partial charge is 0.0305 e. The lowest BCUT2D eigenvalue weighted by Gasteiger charge is -2.34. The van der Waals surface area contributed by atoms with E-state index in [0.717, 1.165) is 0 Å². The van der Waals surface area contributed by atoms with Crippen molar-refractivity contribution in [3.63, 3.8) is 0 Å². The Morgan fingerprint density at radius 3 is 2.63 bits per heavy atom. The summed E-state index contributed by atoms with van der Waals surface area (Å²) in [6, 6.07) is 9.59. The first-order valence-corrected chi connectivity index (χ1v) is 8.22. The van der Waals surface area contributed by atoms with Crippen LogP contribution in [0.1, 0.15) is 44.7 Å². The number of hydrogen-bond acceptors (Lipinski definition) is 2. The molecule has 1 aromatic rings. The third-order valence-electron chi connectivity index (χ3n) is 3.98. The molecule has 3 heteroatoms. The zero-order valence-electron chi connectivity index (χ0n) is 12.0. The fourth-order valence-corrected chi connectivity index (χ4v) is 3.54. The first-order valence-electron chi connectivity index (χ1n) is 7.43. The molecule has 1 saturated heterocycles. The molecule has 1 aliphatic heterocycles. The van der Waals surface area contributed by atoms with Gasteiger partial charge >= 0.3 is 0 Å². The largest absolute Gasteiger partial charge is 0.307 e. The molecular formula is C16H25BrN2. The Bertz CT molecular complexity index is 386. The molecule has 0 aliphatic carbocycles. The molecular weight excluding hydrogens is 300 g/mol. The summed E-state index contributed by atoms with van der Waals surface area (Å²) in [7, 11) is 0. The highest BCUT2D eigenvalue weighted by molar-refractivity contribution is 9.10. The molecule has 19 heavy (non-hydrogen) atoms. The van der Waals surface area contributed by atoms with Crippen molar-refractivity contribution in [2.75, 3.05) is 19.6 Å². The lowest BCUT2D eigenvalue weighted by molar-refractivity contribution is 0.192. The van der Waals surface area contributed by atoms with Crippen LogP contribution in [-0.2, 0) is 0 Å². The summed E-state index contributed by atoms with van der Waals surface area (Å²) in [6.07, 6.45) is 3.81. The van der Waals surface area contributed by atoms with Gasteiger partial charge in [-0.15, -0.1) is 0 Å². The number of piperidine rings is 1. The van der Waals surface area contributed by atoms with Crippen LogP contribution >= 0.6 is 15.9 Å². The Morgan fingerprint density at radius 2 is 2.00 bits per heavy atom. The minimum Gasteiger partial charge on any atom is -0.307 e. The summed E-state index contributed by atoms with van der Waals surface area (Å²) in [4.78, 5) is 2.58. The highest BCUT2D eigenvalue weighted by atomic mass is 79.9. The molecule has 1 N–H and O–H groups in total. The quantitative estimate of drug-likeness (QED) is 0.881. The molecule has 0 spiro atoms. The fourth-order valence-electron chi connectivity index (χ4n) is 2.91. The van der Waals surface area contributed by atoms with Crippen LogP contribution in [0.15, 0.2) is 28.7 Å². The van der Waals surface area contributed by atoms with Crippen LogP contribution < -0.4 is 5.32 Å². The van der Waals surface area contributed by atoms with Crippen LogP contribution in [0.4, 0.5) is 0 Å². The maximum Gasteiger partial charge on any atom is 0.0305 e. The molecule has 1 heterocycles. The van der Waals surface area contributed by atoms with Crippen LogP contribution in [-0.4, -0.2) is 30.6 Å². The average molecular weight is 325 g/mol. The molecule has 1 fully saturated rings. The molecule has 1 aliphatic rings. The maximum atomic E-state index is 3.78. The van der Waals surface area contributed by atoms with Gasteiger partial charge in [0.2, 0.25) is 0 Å². The van der Waals surface area contributed by atoms with E-state index in [2.05, 4.69) is 64.3 Å². The summed E-state index contributed by atoms with van der Waals surface area (Å²) in [6.45, 7) is 8.27. The molecule has 2 nitrogen and oxygen atoms in total. The molecule has 0 radical (unpaired) electrons. The van der Waals surface area contributed by atoms with Crippen molar-refractivity contribution in [2.24, 2.45) is 0 Å². The van der Waals surface area contributed by atoms with E-state index in [1.165, 1.54) is 48.9 Å². The monoisotopic (exact) mass is 324 g/mol. The van der Waals surface area contributed by atoms with Crippen LogP contribution in [0.25, 0.3) is 0 Å². The summed E-state index contributed by atoms with van der Waals surface area (Å²) < 4.78 is 1.21. The van der Waals surface area contributed by atoms with Gasteiger partial charge in [0.15, 0.2) is 0 Å². The Morgan fingerprint density at radius 1 is 1.32 bits per heavy atom. The normalized spacial score (nSPS) is 19.5. The van der Waals surface area contributed by atoms with Crippen LogP contribution in [0.2, 0.25) is 0 Å². The van der Waals surface area contributed by atoms with Gasteiger partial charge < -0.3 is 10.2 Å². The summed E-state index contributed by atoms with van der Waals surface area (Å²) >= 11 is 3.64. The highest BCUT2D eigenvalue weighted by Gasteiger charge is 2.20. The van der Waals surface area contributed by atoms with Gasteiger partial charge in [0.05, 0.1) is 0 Å². The van der Waals surface area contributed by atoms with Crippen LogP contribution in [0.5, 0.6) is 0 Å². The molecule has 0 aromatic heterocycles. The molecule has 0 unspecified atom stereocenters. The molecule has 1 atom stereocenters. The number of hydrogen-bond donors (Lipinski definition) is 1. The average Bonchev–Trinajstić information content (AvgIpc) is 2.42. The summed E-state index contributed by atoms with van der Waals surface area (Å²) in [5.41, 5.74) is 1.36. The number of benzene rings is 1. The minimum absolute atomic E-state index is 0.415. The van der Waals surface area contributed by atoms with E-state index in [9.17, 15) is 0 Å². The van der Waals surface area contributed by atoms with Crippen molar-refractivity contribution in [3.05, 3.63) is 34.3 Å². The lowest BCUT2D eigenvalue weighted by atomic mass is 10.0. The second-order valence-corrected chi connectivity index (χ2v) is 6.38. The third-order valence-corrected chi connectivity index (χ3v) is 4.71. The Balaban J connectivity index is 1.84. The molecule has 106 valence electrons. The Kier molecular flexibility index (Phi) is 5.86. The van der Waals surface area contributed by atoms with E-state index in [0.29, 0.717) is 12.1 Å². The number of rotatable bonds is 5. The third kappa shape index (κ3) is 4.30. The van der Waals surface area contributed by atoms with Gasteiger partial charge in [-0.3, -0.25) is 0 Å². The molecule has 2 rings (SSSR count). The number of nitrogens with one attached hydrogen (secondary N) is 1. The first kappa shape index (κ1) is 15.0. The molecule has 1 aromatic carbocycles. The van der Waals surface area contributed by atoms with Crippen molar-refractivity contribution in [3.8, 4) is 0 Å². The van der Waals surface area contributed by atoms with Gasteiger partial charge in [-0.2, -0.15) is 0 Å². The van der Waals surface area contributed by atoms with Gasteiger partial charge in [0.1, 0.15) is 0 Å². The van der Waals surface area contributed by atoms with Crippen molar-refractivity contribution in [1.82, 2.24) is 10.2 Å². The van der Waals surface area contributed by atoms with Gasteiger partial charge in [0.25, 0.3) is 0 Å². The predicted molar refractivity (Wildman–Crippen MR) is 85.4 cm³/mol. The number of nitrogens with zero attached hydrogens (tertiary/aromatic N) is 1. The Labute approximate surface area is 125 Å². The molecule has 0 amide bonds. The number of halogens is 1. The van der Waals surface area contributed by atoms with Gasteiger partial charge in [0, 0.05) is 16.6 Å². The van der Waals surface area contributed by atoms with Crippen molar-refractivity contribution < 1.29 is 0 Å². The fraction of sp³-hybridized carbons (Fsp3) is 0.625. The van der Waals surface area contributed by atoms with Crippen molar-refractivity contribution in [1.29, 1.82) is 0 Å². The standard InChI is InChI=1S/C16H25BrN2/c1-3-10-19-11-8-14(9-12-19)18-13(2)15-6-4-5-7-16(15)17/h4-7,13-14,18H,3,8-12H2,1-2H3/t13-/m1/s1. The van der Waals surface area contributed by atoms with E-state index in [-0.39, 0.29) is 0 Å². The molecule has 0 bridgehead atoms. The minimum atomic E-state index is 0.415. The maximum absolute atomic E-state index is 3.78. The van der Waals surface area contributed by atoms with E-state index < -0.39 is 0 Å². The first-order chi connectivity index (χ1) is 9.20. The van der Waals surface area contributed by atoms with E-state index in [1.54, 1.807) is 0 Å². The summed E-state index contributed by atoms with van der Waals surface area (Å²) in [5.74, 6) is 0. The van der Waals surface area contributed by atoms with Gasteiger partial charge in [-0.05, 0) is 57.5 Å². The zero-order valence-corrected chi connectivity index (χ0v) is 13.6. The van der Waals surface area contributed by atoms with E-state index in [1.807, 2.05) is 0 Å².